The van der Waals surface area contributed by atoms with E-state index in [1.54, 1.807) is 19.1 Å². The summed E-state index contributed by atoms with van der Waals surface area (Å²) in [7, 11) is 0. The normalized spacial score (nSPS) is 23.1. The molecule has 1 aliphatic rings. The van der Waals surface area contributed by atoms with Crippen molar-refractivity contribution in [2.24, 2.45) is 0 Å². The Bertz CT molecular complexity index is 500. The number of phenols is 1. The maximum Gasteiger partial charge on any atom is 0.329 e. The first-order valence-corrected chi connectivity index (χ1v) is 5.80. The third-order valence-electron chi connectivity index (χ3n) is 3.48. The van der Waals surface area contributed by atoms with E-state index >= 15 is 0 Å². The van der Waals surface area contributed by atoms with Gasteiger partial charge in [-0.25, -0.2) is 4.79 Å². The molecule has 2 N–H and O–H groups in total. The SMILES string of the molecule is CC1(C(=O)O)CCCN1C(=O)c1ccccc1O. The average Bonchev–Trinajstić information content (AvgIpc) is 2.72. The van der Waals surface area contributed by atoms with Crippen molar-refractivity contribution in [1.82, 2.24) is 4.90 Å². The zero-order valence-electron chi connectivity index (χ0n) is 10.1. The van der Waals surface area contributed by atoms with Crippen LogP contribution in [0, 0.1) is 0 Å². The van der Waals surface area contributed by atoms with E-state index in [1.165, 1.54) is 17.0 Å². The van der Waals surface area contributed by atoms with Gasteiger partial charge in [-0.05, 0) is 31.9 Å². The number of para-hydroxylation sites is 1. The van der Waals surface area contributed by atoms with Crippen LogP contribution in [0.5, 0.6) is 5.75 Å². The van der Waals surface area contributed by atoms with E-state index in [9.17, 15) is 19.8 Å². The molecule has 0 spiro atoms. The van der Waals surface area contributed by atoms with Crippen LogP contribution in [0.15, 0.2) is 24.3 Å². The zero-order chi connectivity index (χ0) is 13.3. The van der Waals surface area contributed by atoms with E-state index < -0.39 is 17.4 Å². The summed E-state index contributed by atoms with van der Waals surface area (Å²) in [5.41, 5.74) is -1.04. The molecule has 5 nitrogen and oxygen atoms in total. The van der Waals surface area contributed by atoms with Crippen molar-refractivity contribution in [1.29, 1.82) is 0 Å². The Morgan fingerprint density at radius 2 is 2.00 bits per heavy atom. The Labute approximate surface area is 105 Å². The maximum absolute atomic E-state index is 12.3. The smallest absolute Gasteiger partial charge is 0.329 e. The highest BCUT2D eigenvalue weighted by atomic mass is 16.4. The summed E-state index contributed by atoms with van der Waals surface area (Å²) in [5, 5.41) is 18.9. The molecule has 1 atom stereocenters. The van der Waals surface area contributed by atoms with Crippen molar-refractivity contribution < 1.29 is 19.8 Å². The number of amides is 1. The molecule has 0 radical (unpaired) electrons. The Hall–Kier alpha value is -2.04. The third-order valence-corrected chi connectivity index (χ3v) is 3.48. The fourth-order valence-electron chi connectivity index (χ4n) is 2.31. The number of hydrogen-bond acceptors (Lipinski definition) is 3. The molecule has 1 unspecified atom stereocenters. The first kappa shape index (κ1) is 12.4. The van der Waals surface area contributed by atoms with Crippen LogP contribution in [0.1, 0.15) is 30.1 Å². The molecule has 0 aromatic heterocycles. The van der Waals surface area contributed by atoms with Crippen LogP contribution in [-0.4, -0.2) is 39.1 Å². The number of carbonyl (C=O) groups excluding carboxylic acids is 1. The van der Waals surface area contributed by atoms with Gasteiger partial charge in [0.2, 0.25) is 0 Å². The molecule has 1 fully saturated rings. The molecular weight excluding hydrogens is 234 g/mol. The molecule has 1 heterocycles. The highest BCUT2D eigenvalue weighted by molar-refractivity contribution is 6.00. The molecule has 1 aromatic rings. The van der Waals surface area contributed by atoms with Gasteiger partial charge >= 0.3 is 5.97 Å². The van der Waals surface area contributed by atoms with Crippen molar-refractivity contribution in [3.05, 3.63) is 29.8 Å². The number of rotatable bonds is 2. The van der Waals surface area contributed by atoms with Crippen LogP contribution < -0.4 is 0 Å². The lowest BCUT2D eigenvalue weighted by atomic mass is 9.98. The summed E-state index contributed by atoms with van der Waals surface area (Å²) in [5.74, 6) is -1.57. The lowest BCUT2D eigenvalue weighted by molar-refractivity contribution is -0.147. The number of aromatic hydroxyl groups is 1. The molecule has 0 saturated carbocycles. The van der Waals surface area contributed by atoms with Crippen LogP contribution >= 0.6 is 0 Å². The molecular formula is C13H15NO4. The summed E-state index contributed by atoms with van der Waals surface area (Å²) in [6, 6.07) is 6.17. The Kier molecular flexibility index (Phi) is 2.98. The molecule has 1 aromatic carbocycles. The lowest BCUT2D eigenvalue weighted by Crippen LogP contribution is -2.50. The van der Waals surface area contributed by atoms with Crippen molar-refractivity contribution in [3.63, 3.8) is 0 Å². The molecule has 1 saturated heterocycles. The molecule has 96 valence electrons. The summed E-state index contributed by atoms with van der Waals surface area (Å²) >= 11 is 0. The first-order chi connectivity index (χ1) is 8.47. The summed E-state index contributed by atoms with van der Waals surface area (Å²) in [6.45, 7) is 1.94. The van der Waals surface area contributed by atoms with Crippen molar-refractivity contribution >= 4 is 11.9 Å². The predicted octanol–water partition coefficient (Wildman–Crippen LogP) is 1.47. The van der Waals surface area contributed by atoms with Crippen LogP contribution in [0.2, 0.25) is 0 Å². The monoisotopic (exact) mass is 249 g/mol. The number of benzene rings is 1. The number of hydrogen-bond donors (Lipinski definition) is 2. The molecule has 0 bridgehead atoms. The minimum Gasteiger partial charge on any atom is -0.507 e. The molecule has 18 heavy (non-hydrogen) atoms. The van der Waals surface area contributed by atoms with Gasteiger partial charge in [-0.2, -0.15) is 0 Å². The van der Waals surface area contributed by atoms with Gasteiger partial charge < -0.3 is 15.1 Å². The van der Waals surface area contributed by atoms with Gasteiger partial charge in [-0.3, -0.25) is 4.79 Å². The second-order valence-corrected chi connectivity index (χ2v) is 4.66. The first-order valence-electron chi connectivity index (χ1n) is 5.80. The van der Waals surface area contributed by atoms with Gasteiger partial charge in [0.25, 0.3) is 5.91 Å². The Morgan fingerprint density at radius 3 is 2.61 bits per heavy atom. The maximum atomic E-state index is 12.3. The largest absolute Gasteiger partial charge is 0.507 e. The second kappa shape index (κ2) is 4.33. The Balaban J connectivity index is 2.35. The number of likely N-dealkylation sites (tertiary alicyclic amines) is 1. The quantitative estimate of drug-likeness (QED) is 0.832. The number of nitrogens with zero attached hydrogens (tertiary/aromatic N) is 1. The van der Waals surface area contributed by atoms with E-state index in [2.05, 4.69) is 0 Å². The number of carboxylic acids is 1. The zero-order valence-corrected chi connectivity index (χ0v) is 10.1. The lowest BCUT2D eigenvalue weighted by Gasteiger charge is -2.31. The standard InChI is InChI=1S/C13H15NO4/c1-13(12(17)18)7-4-8-14(13)11(16)9-5-2-3-6-10(9)15/h2-3,5-6,15H,4,7-8H2,1H3,(H,17,18). The molecule has 5 heteroatoms. The highest BCUT2D eigenvalue weighted by Gasteiger charge is 2.46. The summed E-state index contributed by atoms with van der Waals surface area (Å²) < 4.78 is 0. The molecule has 1 aliphatic heterocycles. The second-order valence-electron chi connectivity index (χ2n) is 4.66. The third kappa shape index (κ3) is 1.81. The topological polar surface area (TPSA) is 77.8 Å². The van der Waals surface area contributed by atoms with E-state index in [4.69, 9.17) is 0 Å². The van der Waals surface area contributed by atoms with Crippen LogP contribution in [0.4, 0.5) is 0 Å². The van der Waals surface area contributed by atoms with Gasteiger partial charge in [0.1, 0.15) is 11.3 Å². The fourth-order valence-corrected chi connectivity index (χ4v) is 2.31. The van der Waals surface area contributed by atoms with Gasteiger partial charge in [0.05, 0.1) is 5.56 Å². The van der Waals surface area contributed by atoms with Crippen LogP contribution in [0.3, 0.4) is 0 Å². The van der Waals surface area contributed by atoms with E-state index in [1.807, 2.05) is 0 Å². The minimum atomic E-state index is -1.18. The minimum absolute atomic E-state index is 0.123. The van der Waals surface area contributed by atoms with Crippen molar-refractivity contribution in [3.8, 4) is 5.75 Å². The predicted molar refractivity (Wildman–Crippen MR) is 64.4 cm³/mol. The van der Waals surface area contributed by atoms with Gasteiger partial charge in [-0.1, -0.05) is 12.1 Å². The summed E-state index contributed by atoms with van der Waals surface area (Å²) in [4.78, 5) is 24.9. The number of carbonyl (C=O) groups is 2. The van der Waals surface area contributed by atoms with Crippen LogP contribution in [-0.2, 0) is 4.79 Å². The van der Waals surface area contributed by atoms with Gasteiger partial charge in [0, 0.05) is 6.54 Å². The van der Waals surface area contributed by atoms with Gasteiger partial charge in [-0.15, -0.1) is 0 Å². The van der Waals surface area contributed by atoms with E-state index in [0.29, 0.717) is 19.4 Å². The van der Waals surface area contributed by atoms with E-state index in [0.717, 1.165) is 0 Å². The number of aliphatic carboxylic acids is 1. The number of phenolic OH excluding ortho intramolecular Hbond substituents is 1. The number of carboxylic acid groups (broad SMARTS) is 1. The molecule has 1 amide bonds. The molecule has 0 aliphatic carbocycles. The Morgan fingerprint density at radius 1 is 1.33 bits per heavy atom. The molecule has 2 rings (SSSR count). The van der Waals surface area contributed by atoms with Crippen molar-refractivity contribution in [2.45, 2.75) is 25.3 Å². The average molecular weight is 249 g/mol. The van der Waals surface area contributed by atoms with Gasteiger partial charge in [0.15, 0.2) is 0 Å². The van der Waals surface area contributed by atoms with Crippen LogP contribution in [0.25, 0.3) is 0 Å². The van der Waals surface area contributed by atoms with Crippen molar-refractivity contribution in [2.75, 3.05) is 6.54 Å². The fraction of sp³-hybridized carbons (Fsp3) is 0.385. The summed E-state index contributed by atoms with van der Waals surface area (Å²) in [6.07, 6.45) is 1.09. The highest BCUT2D eigenvalue weighted by Crippen LogP contribution is 2.32. The van der Waals surface area contributed by atoms with E-state index in [-0.39, 0.29) is 11.3 Å².